The van der Waals surface area contributed by atoms with Gasteiger partial charge in [0.15, 0.2) is 6.61 Å². The third-order valence-corrected chi connectivity index (χ3v) is 5.63. The highest BCUT2D eigenvalue weighted by Gasteiger charge is 2.26. The quantitative estimate of drug-likeness (QED) is 0.309. The molecule has 9 heteroatoms. The molecule has 0 aliphatic carbocycles. The van der Waals surface area contributed by atoms with Crippen LogP contribution in [0.15, 0.2) is 52.9 Å². The van der Waals surface area contributed by atoms with Crippen LogP contribution in [0.3, 0.4) is 0 Å². The lowest BCUT2D eigenvalue weighted by molar-refractivity contribution is -0.384. The zero-order valence-electron chi connectivity index (χ0n) is 17.8. The molecule has 2 heterocycles. The number of aryl methyl sites for hydroxylation is 1. The molecule has 0 saturated carbocycles. The minimum absolute atomic E-state index is 0.159. The van der Waals surface area contributed by atoms with Crippen molar-refractivity contribution >= 4 is 17.3 Å². The lowest BCUT2D eigenvalue weighted by Gasteiger charge is -2.34. The van der Waals surface area contributed by atoms with Gasteiger partial charge in [-0.25, -0.2) is 4.79 Å². The number of hydrogen-bond acceptors (Lipinski definition) is 8. The van der Waals surface area contributed by atoms with Gasteiger partial charge in [-0.1, -0.05) is 30.3 Å². The molecule has 2 aromatic carbocycles. The summed E-state index contributed by atoms with van der Waals surface area (Å²) in [7, 11) is 0. The Bertz CT molecular complexity index is 1090. The van der Waals surface area contributed by atoms with Crippen LogP contribution in [0.25, 0.3) is 0 Å². The van der Waals surface area contributed by atoms with Gasteiger partial charge in [-0.2, -0.15) is 0 Å². The Kier molecular flexibility index (Phi) is 6.44. The molecule has 0 bridgehead atoms. The van der Waals surface area contributed by atoms with E-state index in [4.69, 9.17) is 9.15 Å². The van der Waals surface area contributed by atoms with Gasteiger partial charge in [-0.15, -0.1) is 10.2 Å². The molecule has 1 saturated heterocycles. The fourth-order valence-electron chi connectivity index (χ4n) is 4.00. The summed E-state index contributed by atoms with van der Waals surface area (Å²) in [6, 6.07) is 14.7. The number of esters is 1. The highest BCUT2D eigenvalue weighted by molar-refractivity contribution is 5.96. The Labute approximate surface area is 185 Å². The molecule has 1 aliphatic heterocycles. The number of nitro benzene ring substituents is 1. The van der Waals surface area contributed by atoms with Gasteiger partial charge in [0.1, 0.15) is 0 Å². The molecule has 0 N–H and O–H groups in total. The second kappa shape index (κ2) is 9.59. The fraction of sp³-hybridized carbons (Fsp3) is 0.348. The van der Waals surface area contributed by atoms with Crippen LogP contribution in [0.2, 0.25) is 0 Å². The smallest absolute Gasteiger partial charge is 0.341 e. The summed E-state index contributed by atoms with van der Waals surface area (Å²) in [5.41, 5.74) is 1.97. The molecule has 4 rings (SSSR count). The molecule has 0 spiro atoms. The summed E-state index contributed by atoms with van der Waals surface area (Å²) in [6.45, 7) is 2.97. The number of nitrogens with zero attached hydrogens (tertiary/aromatic N) is 4. The van der Waals surface area contributed by atoms with Crippen molar-refractivity contribution in [1.29, 1.82) is 0 Å². The van der Waals surface area contributed by atoms with Crippen molar-refractivity contribution in [3.63, 3.8) is 0 Å². The number of anilines is 1. The molecule has 1 aliphatic rings. The first-order valence-electron chi connectivity index (χ1n) is 10.5. The molecule has 0 atom stereocenters. The van der Waals surface area contributed by atoms with Crippen molar-refractivity contribution in [3.8, 4) is 0 Å². The molecule has 3 aromatic rings. The van der Waals surface area contributed by atoms with Crippen LogP contribution >= 0.6 is 0 Å². The number of ether oxygens (including phenoxy) is 1. The zero-order chi connectivity index (χ0) is 22.5. The van der Waals surface area contributed by atoms with Gasteiger partial charge < -0.3 is 14.1 Å². The molecular formula is C23H24N4O5. The lowest BCUT2D eigenvalue weighted by Crippen LogP contribution is -2.35. The maximum absolute atomic E-state index is 12.8. The van der Waals surface area contributed by atoms with Crippen LogP contribution in [0, 0.1) is 23.0 Å². The molecule has 0 unspecified atom stereocenters. The number of nitro groups is 1. The van der Waals surface area contributed by atoms with Gasteiger partial charge in [0.25, 0.3) is 11.6 Å². The Morgan fingerprint density at radius 1 is 1.19 bits per heavy atom. The average Bonchev–Trinajstić information content (AvgIpc) is 3.23. The number of carbonyl (C=O) groups excluding carboxylic acids is 1. The van der Waals surface area contributed by atoms with E-state index in [1.165, 1.54) is 17.7 Å². The third kappa shape index (κ3) is 5.11. The fourth-order valence-corrected chi connectivity index (χ4v) is 4.00. The SMILES string of the molecule is Cc1nnc(COC(=O)c2cc([N+](=O)[O-])ccc2N2CCC(Cc3ccccc3)CC2)o1. The lowest BCUT2D eigenvalue weighted by atomic mass is 9.90. The van der Waals surface area contributed by atoms with Crippen molar-refractivity contribution in [1.82, 2.24) is 10.2 Å². The first-order valence-corrected chi connectivity index (χ1v) is 10.5. The van der Waals surface area contributed by atoms with Gasteiger partial charge in [-0.3, -0.25) is 10.1 Å². The molecule has 9 nitrogen and oxygen atoms in total. The van der Waals surface area contributed by atoms with Gasteiger partial charge >= 0.3 is 5.97 Å². The Morgan fingerprint density at radius 2 is 1.94 bits per heavy atom. The van der Waals surface area contributed by atoms with E-state index < -0.39 is 10.9 Å². The van der Waals surface area contributed by atoms with Crippen LogP contribution in [0.4, 0.5) is 11.4 Å². The number of aromatic nitrogens is 2. The van der Waals surface area contributed by atoms with Gasteiger partial charge in [0.2, 0.25) is 5.89 Å². The molecule has 32 heavy (non-hydrogen) atoms. The Balaban J connectivity index is 1.46. The van der Waals surface area contributed by atoms with E-state index >= 15 is 0 Å². The molecule has 166 valence electrons. The van der Waals surface area contributed by atoms with Crippen LogP contribution in [0.5, 0.6) is 0 Å². The minimum atomic E-state index is -0.661. The molecule has 0 radical (unpaired) electrons. The predicted octanol–water partition coefficient (Wildman–Crippen LogP) is 4.10. The summed E-state index contributed by atoms with van der Waals surface area (Å²) >= 11 is 0. The van der Waals surface area contributed by atoms with E-state index in [9.17, 15) is 14.9 Å². The Morgan fingerprint density at radius 3 is 2.59 bits per heavy atom. The number of carbonyl (C=O) groups is 1. The number of benzene rings is 2. The summed E-state index contributed by atoms with van der Waals surface area (Å²) in [5.74, 6) is 0.434. The van der Waals surface area contributed by atoms with E-state index in [-0.39, 0.29) is 23.7 Å². The van der Waals surface area contributed by atoms with E-state index in [1.54, 1.807) is 13.0 Å². The number of hydrogen-bond donors (Lipinski definition) is 0. The van der Waals surface area contributed by atoms with Crippen molar-refractivity contribution in [3.05, 3.63) is 81.6 Å². The summed E-state index contributed by atoms with van der Waals surface area (Å²) in [6.07, 6.45) is 2.97. The second-order valence-corrected chi connectivity index (χ2v) is 7.87. The normalized spacial score (nSPS) is 14.3. The summed E-state index contributed by atoms with van der Waals surface area (Å²) in [4.78, 5) is 25.7. The van der Waals surface area contributed by atoms with Crippen LogP contribution in [-0.2, 0) is 17.8 Å². The molecule has 0 amide bonds. The summed E-state index contributed by atoms with van der Waals surface area (Å²) in [5, 5.41) is 18.8. The standard InChI is InChI=1S/C23H24N4O5/c1-16-24-25-22(32-16)15-31-23(28)20-14-19(27(29)30)7-8-21(20)26-11-9-18(10-12-26)13-17-5-3-2-4-6-17/h2-8,14,18H,9-13,15H2,1H3. The summed E-state index contributed by atoms with van der Waals surface area (Å²) < 4.78 is 10.5. The first kappa shape index (κ1) is 21.5. The number of piperidine rings is 1. The van der Waals surface area contributed by atoms with Crippen LogP contribution < -0.4 is 4.90 Å². The average molecular weight is 436 g/mol. The number of rotatable bonds is 7. The third-order valence-electron chi connectivity index (χ3n) is 5.63. The Hall–Kier alpha value is -3.75. The van der Waals surface area contributed by atoms with Crippen LogP contribution in [-0.4, -0.2) is 34.2 Å². The second-order valence-electron chi connectivity index (χ2n) is 7.87. The van der Waals surface area contributed by atoms with E-state index in [0.29, 0.717) is 17.5 Å². The van der Waals surface area contributed by atoms with Gasteiger partial charge in [0, 0.05) is 32.1 Å². The molecular weight excluding hydrogens is 412 g/mol. The van der Waals surface area contributed by atoms with Crippen molar-refractivity contribution in [2.24, 2.45) is 5.92 Å². The number of non-ortho nitro benzene ring substituents is 1. The highest BCUT2D eigenvalue weighted by atomic mass is 16.6. The van der Waals surface area contributed by atoms with Gasteiger partial charge in [-0.05, 0) is 36.8 Å². The van der Waals surface area contributed by atoms with Crippen molar-refractivity contribution < 1.29 is 18.9 Å². The van der Waals surface area contributed by atoms with Crippen molar-refractivity contribution in [2.75, 3.05) is 18.0 Å². The highest BCUT2D eigenvalue weighted by Crippen LogP contribution is 2.31. The van der Waals surface area contributed by atoms with Crippen LogP contribution in [0.1, 0.15) is 40.5 Å². The van der Waals surface area contributed by atoms with E-state index in [1.807, 2.05) is 6.07 Å². The predicted molar refractivity (Wildman–Crippen MR) is 116 cm³/mol. The van der Waals surface area contributed by atoms with Crippen molar-refractivity contribution in [2.45, 2.75) is 32.8 Å². The monoisotopic (exact) mass is 436 g/mol. The van der Waals surface area contributed by atoms with E-state index in [0.717, 1.165) is 32.4 Å². The topological polar surface area (TPSA) is 112 Å². The zero-order valence-corrected chi connectivity index (χ0v) is 17.8. The first-order chi connectivity index (χ1) is 15.5. The molecule has 1 aromatic heterocycles. The van der Waals surface area contributed by atoms with Gasteiger partial charge in [0.05, 0.1) is 16.2 Å². The molecule has 1 fully saturated rings. The van der Waals surface area contributed by atoms with E-state index in [2.05, 4.69) is 39.4 Å². The maximum Gasteiger partial charge on any atom is 0.341 e. The minimum Gasteiger partial charge on any atom is -0.452 e. The largest absolute Gasteiger partial charge is 0.452 e. The maximum atomic E-state index is 12.8.